The number of nitrogens with zero attached hydrogens (tertiary/aromatic N) is 5. The summed E-state index contributed by atoms with van der Waals surface area (Å²) in [4.78, 5) is 19.5. The molecule has 0 radical (unpaired) electrons. The summed E-state index contributed by atoms with van der Waals surface area (Å²) < 4.78 is 78.2. The summed E-state index contributed by atoms with van der Waals surface area (Å²) in [6.45, 7) is 0. The van der Waals surface area contributed by atoms with Crippen molar-refractivity contribution in [3.05, 3.63) is 139 Å². The molecule has 0 bridgehead atoms. The summed E-state index contributed by atoms with van der Waals surface area (Å²) in [7, 11) is 0. The second kappa shape index (κ2) is 10.2. The second-order valence-corrected chi connectivity index (χ2v) is 12.0. The van der Waals surface area contributed by atoms with Crippen LogP contribution in [0.15, 0.2) is 144 Å². The number of furan rings is 1. The molecule has 0 N–H and O–H groups in total. The average molecular weight is 630 g/mol. The number of benzene rings is 6. The maximum absolute atomic E-state index is 9.02. The van der Waals surface area contributed by atoms with Gasteiger partial charge in [0.15, 0.2) is 11.6 Å². The molecule has 0 saturated carbocycles. The van der Waals surface area contributed by atoms with Gasteiger partial charge in [0.25, 0.3) is 0 Å². The van der Waals surface area contributed by atoms with E-state index >= 15 is 0 Å². The highest BCUT2D eigenvalue weighted by atomic mass is 32.1. The summed E-state index contributed by atoms with van der Waals surface area (Å²) in [6, 6.07) is 24.9. The number of fused-ring (bicyclic) bond motifs is 7. The van der Waals surface area contributed by atoms with E-state index in [4.69, 9.17) is 35.3 Å². The van der Waals surface area contributed by atoms with Crippen LogP contribution >= 0.6 is 11.3 Å². The third-order valence-electron chi connectivity index (χ3n) is 8.16. The van der Waals surface area contributed by atoms with Crippen molar-refractivity contribution in [2.24, 2.45) is 0 Å². The normalized spacial score (nSPS) is 14.2. The van der Waals surface area contributed by atoms with Crippen LogP contribution in [-0.4, -0.2) is 24.5 Å². The topological polar surface area (TPSA) is 69.6 Å². The van der Waals surface area contributed by atoms with Gasteiger partial charge in [-0.25, -0.2) is 9.97 Å². The Morgan fingerprint density at radius 1 is 0.553 bits per heavy atom. The predicted molar refractivity (Wildman–Crippen MR) is 191 cm³/mol. The predicted octanol–water partition coefficient (Wildman–Crippen LogP) is 10.5. The van der Waals surface area contributed by atoms with Gasteiger partial charge in [0.2, 0.25) is 5.95 Å². The molecule has 4 heterocycles. The fourth-order valence-corrected chi connectivity index (χ4v) is 6.99. The molecule has 6 aromatic carbocycles. The molecule has 6 nitrogen and oxygen atoms in total. The van der Waals surface area contributed by atoms with E-state index in [-0.39, 0.29) is 39.4 Å². The monoisotopic (exact) mass is 629 g/mol. The molecular weight excluding hydrogens is 599 g/mol. The lowest BCUT2D eigenvalue weighted by molar-refractivity contribution is 0.669. The van der Waals surface area contributed by atoms with Crippen molar-refractivity contribution in [3.63, 3.8) is 0 Å². The molecule has 0 fully saturated rings. The van der Waals surface area contributed by atoms with E-state index in [9.17, 15) is 0 Å². The maximum Gasteiger partial charge on any atom is 0.238 e. The number of hydrogen-bond acceptors (Lipinski definition) is 6. The first-order valence-corrected chi connectivity index (χ1v) is 15.6. The molecule has 10 rings (SSSR count). The highest BCUT2D eigenvalue weighted by molar-refractivity contribution is 7.21. The van der Waals surface area contributed by atoms with Crippen LogP contribution in [0.2, 0.25) is 0 Å². The summed E-state index contributed by atoms with van der Waals surface area (Å²) in [5, 5.41) is 2.55. The minimum absolute atomic E-state index is 0.0697. The first-order valence-electron chi connectivity index (χ1n) is 18.7. The van der Waals surface area contributed by atoms with Crippen LogP contribution in [0.3, 0.4) is 0 Å². The first-order chi connectivity index (χ1) is 26.6. The van der Waals surface area contributed by atoms with Gasteiger partial charge in [-0.05, 0) is 48.5 Å². The smallest absolute Gasteiger partial charge is 0.238 e. The Labute approximate surface area is 283 Å². The molecule has 0 amide bonds. The van der Waals surface area contributed by atoms with Crippen molar-refractivity contribution in [2.45, 2.75) is 0 Å². The molecular formula is C40H23N5OS. The minimum atomic E-state index is -0.536. The van der Waals surface area contributed by atoms with Crippen molar-refractivity contribution in [3.8, 4) is 39.3 Å². The Morgan fingerprint density at radius 2 is 1.21 bits per heavy atom. The van der Waals surface area contributed by atoms with Gasteiger partial charge < -0.3 is 4.42 Å². The zero-order valence-corrected chi connectivity index (χ0v) is 25.0. The van der Waals surface area contributed by atoms with Crippen molar-refractivity contribution in [1.82, 2.24) is 24.5 Å². The molecule has 10 aromatic rings. The summed E-state index contributed by atoms with van der Waals surface area (Å²) >= 11 is 1.51. The fourth-order valence-electron chi connectivity index (χ4n) is 5.98. The lowest BCUT2D eigenvalue weighted by Crippen LogP contribution is -2.06. The van der Waals surface area contributed by atoms with Gasteiger partial charge in [0.1, 0.15) is 16.2 Å². The zero-order valence-electron chi connectivity index (χ0n) is 32.2. The van der Waals surface area contributed by atoms with Gasteiger partial charge in [-0.2, -0.15) is 9.97 Å². The Bertz CT molecular complexity index is 3190. The summed E-state index contributed by atoms with van der Waals surface area (Å²) in [6.07, 6.45) is 0. The Hall–Kier alpha value is -6.18. The average Bonchev–Trinajstić information content (AvgIpc) is 3.92. The third-order valence-corrected chi connectivity index (χ3v) is 9.23. The highest BCUT2D eigenvalue weighted by Crippen LogP contribution is 2.36. The van der Waals surface area contributed by atoms with E-state index in [1.807, 2.05) is 91.0 Å². The molecule has 0 spiro atoms. The number of thiazole rings is 1. The maximum atomic E-state index is 9.02. The molecule has 220 valence electrons. The Morgan fingerprint density at radius 3 is 2.00 bits per heavy atom. The van der Waals surface area contributed by atoms with Gasteiger partial charge in [0.05, 0.1) is 32.2 Å². The fraction of sp³-hybridized carbons (Fsp3) is 0. The van der Waals surface area contributed by atoms with Crippen molar-refractivity contribution >= 4 is 65.3 Å². The zero-order chi connectivity index (χ0) is 37.9. The van der Waals surface area contributed by atoms with E-state index < -0.39 is 48.3 Å². The SMILES string of the molecule is [2H]c1c([2H])c([2H])c2c(c1[2H])c1c([2H])c([2H])c([2H])c([2H])c1n2-c1nc(-c2ccc3c(c2)oc2ccccc23)nc(-c2ccc3nc(-c4ccccc4)sc3c2)n1. The standard InChI is InChI=1S/C40H23N5OS/c1-2-10-24(11-3-1)39-41-31-21-19-26(23-36(31)47-39)38-42-37(25-18-20-30-29-14-6-9-17-34(29)46-35(30)22-25)43-40(44-38)45-32-15-7-4-12-27(32)28-13-5-8-16-33(28)45/h1-23H/i4D,5D,7D,8D,12D,13D,15D,16D. The first kappa shape index (κ1) is 19.4. The molecule has 0 atom stereocenters. The van der Waals surface area contributed by atoms with Gasteiger partial charge in [-0.3, -0.25) is 4.57 Å². The van der Waals surface area contributed by atoms with Gasteiger partial charge in [0, 0.05) is 38.2 Å². The third kappa shape index (κ3) is 4.17. The Kier molecular flexibility index (Phi) is 4.19. The number of hydrogen-bond donors (Lipinski definition) is 0. The van der Waals surface area contributed by atoms with Crippen LogP contribution in [-0.2, 0) is 0 Å². The molecule has 0 aliphatic heterocycles. The molecule has 0 saturated heterocycles. The van der Waals surface area contributed by atoms with Crippen molar-refractivity contribution in [1.29, 1.82) is 0 Å². The number of aromatic nitrogens is 5. The molecule has 0 aliphatic carbocycles. The minimum Gasteiger partial charge on any atom is -0.456 e. The van der Waals surface area contributed by atoms with E-state index in [0.29, 0.717) is 22.3 Å². The van der Waals surface area contributed by atoms with E-state index in [1.165, 1.54) is 15.9 Å². The van der Waals surface area contributed by atoms with Crippen LogP contribution in [0, 0.1) is 0 Å². The molecule has 7 heteroatoms. The van der Waals surface area contributed by atoms with E-state index in [2.05, 4.69) is 0 Å². The molecule has 0 unspecified atom stereocenters. The quantitative estimate of drug-likeness (QED) is 0.194. The number of rotatable bonds is 4. The molecule has 47 heavy (non-hydrogen) atoms. The van der Waals surface area contributed by atoms with Crippen LogP contribution in [0.4, 0.5) is 0 Å². The molecule has 0 aliphatic rings. The van der Waals surface area contributed by atoms with Gasteiger partial charge in [-0.15, -0.1) is 11.3 Å². The van der Waals surface area contributed by atoms with Crippen LogP contribution in [0.1, 0.15) is 11.0 Å². The largest absolute Gasteiger partial charge is 0.456 e. The Balaban J connectivity index is 1.29. The lowest BCUT2D eigenvalue weighted by Gasteiger charge is -2.11. The lowest BCUT2D eigenvalue weighted by atomic mass is 10.1. The summed E-state index contributed by atoms with van der Waals surface area (Å²) in [5.74, 6) is 0.320. The van der Waals surface area contributed by atoms with Crippen LogP contribution < -0.4 is 0 Å². The molecule has 4 aromatic heterocycles. The van der Waals surface area contributed by atoms with Crippen LogP contribution in [0.25, 0.3) is 93.3 Å². The van der Waals surface area contributed by atoms with Crippen molar-refractivity contribution in [2.75, 3.05) is 0 Å². The second-order valence-electron chi connectivity index (χ2n) is 10.9. The van der Waals surface area contributed by atoms with Crippen molar-refractivity contribution < 1.29 is 15.4 Å². The van der Waals surface area contributed by atoms with Gasteiger partial charge >= 0.3 is 0 Å². The van der Waals surface area contributed by atoms with Gasteiger partial charge in [-0.1, -0.05) is 90.9 Å². The number of para-hydroxylation sites is 3. The van der Waals surface area contributed by atoms with Crippen LogP contribution in [0.5, 0.6) is 0 Å². The van der Waals surface area contributed by atoms with E-state index in [0.717, 1.165) is 31.6 Å². The summed E-state index contributed by atoms with van der Waals surface area (Å²) in [5.41, 5.74) is 4.07. The highest BCUT2D eigenvalue weighted by Gasteiger charge is 2.19. The van der Waals surface area contributed by atoms with E-state index in [1.54, 1.807) is 0 Å².